The van der Waals surface area contributed by atoms with Crippen molar-refractivity contribution in [2.24, 2.45) is 0 Å². The zero-order valence-corrected chi connectivity index (χ0v) is 32.7. The molecule has 0 bridgehead atoms. The molecule has 0 fully saturated rings. The van der Waals surface area contributed by atoms with Crippen LogP contribution >= 0.6 is 0 Å². The molecule has 0 saturated heterocycles. The summed E-state index contributed by atoms with van der Waals surface area (Å²) in [6.45, 7) is 17.0. The lowest BCUT2D eigenvalue weighted by Crippen LogP contribution is -2.28. The van der Waals surface area contributed by atoms with Gasteiger partial charge in [-0.15, -0.1) is 0 Å². The molecule has 0 aromatic heterocycles. The average molecular weight is 645 g/mol. The Kier molecular flexibility index (Phi) is 40.0. The van der Waals surface area contributed by atoms with Crippen molar-refractivity contribution in [3.05, 3.63) is 24.3 Å². The fourth-order valence-corrected chi connectivity index (χ4v) is 6.69. The lowest BCUT2D eigenvalue weighted by Gasteiger charge is -2.23. The van der Waals surface area contributed by atoms with Crippen molar-refractivity contribution in [1.82, 2.24) is 9.80 Å². The fraction of sp³-hybridized carbons (Fsp3) is 0.909. The first kappa shape index (κ1) is 45.4. The quantitative estimate of drug-likeness (QED) is 0.0485. The van der Waals surface area contributed by atoms with Gasteiger partial charge in [-0.3, -0.25) is 0 Å². The number of rotatable bonds is 39. The van der Waals surface area contributed by atoms with E-state index in [0.717, 1.165) is 0 Å². The zero-order valence-electron chi connectivity index (χ0n) is 32.7. The molecule has 0 aliphatic heterocycles. The SMILES string of the molecule is CCCCCCCCC=CCCCCCCCCN(CC)CCCCN(CC)CCCCCCCCC=CCCCCCCCC. The van der Waals surface area contributed by atoms with Crippen molar-refractivity contribution in [3.8, 4) is 0 Å². The monoisotopic (exact) mass is 645 g/mol. The molecule has 0 spiro atoms. The normalized spacial score (nSPS) is 12.2. The summed E-state index contributed by atoms with van der Waals surface area (Å²) in [5, 5.41) is 0. The van der Waals surface area contributed by atoms with E-state index in [1.165, 1.54) is 232 Å². The highest BCUT2D eigenvalue weighted by atomic mass is 15.1. The van der Waals surface area contributed by atoms with Crippen LogP contribution in [0.1, 0.15) is 220 Å². The molecule has 46 heavy (non-hydrogen) atoms. The fourth-order valence-electron chi connectivity index (χ4n) is 6.69. The Bertz CT molecular complexity index is 545. The first-order valence-electron chi connectivity index (χ1n) is 21.5. The minimum absolute atomic E-state index is 1.22. The van der Waals surface area contributed by atoms with E-state index in [2.05, 4.69) is 61.8 Å². The highest BCUT2D eigenvalue weighted by Gasteiger charge is 2.05. The predicted molar refractivity (Wildman–Crippen MR) is 212 cm³/mol. The molecule has 2 heteroatoms. The van der Waals surface area contributed by atoms with Gasteiger partial charge < -0.3 is 9.80 Å². The number of unbranched alkanes of at least 4 members (excludes halogenated alkanes) is 25. The van der Waals surface area contributed by atoms with Gasteiger partial charge >= 0.3 is 0 Å². The van der Waals surface area contributed by atoms with Gasteiger partial charge in [-0.05, 0) is 116 Å². The Balaban J connectivity index is 3.52. The molecule has 0 radical (unpaired) electrons. The van der Waals surface area contributed by atoms with Crippen LogP contribution in [0.2, 0.25) is 0 Å². The van der Waals surface area contributed by atoms with Crippen LogP contribution in [0.3, 0.4) is 0 Å². The Morgan fingerprint density at radius 1 is 0.261 bits per heavy atom. The minimum Gasteiger partial charge on any atom is -0.304 e. The van der Waals surface area contributed by atoms with Crippen LogP contribution in [-0.2, 0) is 0 Å². The van der Waals surface area contributed by atoms with Crippen LogP contribution in [0, 0.1) is 0 Å². The van der Waals surface area contributed by atoms with E-state index in [4.69, 9.17) is 0 Å². The highest BCUT2D eigenvalue weighted by molar-refractivity contribution is 4.82. The molecule has 274 valence electrons. The van der Waals surface area contributed by atoms with Crippen molar-refractivity contribution in [3.63, 3.8) is 0 Å². The summed E-state index contributed by atoms with van der Waals surface area (Å²) >= 11 is 0. The van der Waals surface area contributed by atoms with Crippen LogP contribution in [0.25, 0.3) is 0 Å². The van der Waals surface area contributed by atoms with Gasteiger partial charge in [-0.1, -0.05) is 168 Å². The van der Waals surface area contributed by atoms with Gasteiger partial charge in [0.2, 0.25) is 0 Å². The Hall–Kier alpha value is -0.600. The number of hydrogen-bond donors (Lipinski definition) is 0. The predicted octanol–water partition coefficient (Wildman–Crippen LogP) is 14.5. The maximum Gasteiger partial charge on any atom is -0.00184 e. The standard InChI is InChI=1S/C44H88N2/c1-5-9-11-13-15-17-19-21-23-25-27-29-31-33-35-37-41-45(7-3)43-39-40-44-46(8-4)42-38-36-34-32-30-28-26-24-22-20-18-16-14-12-10-6-2/h21-24H,5-20,25-44H2,1-4H3. The molecule has 0 atom stereocenters. The number of nitrogens with zero attached hydrogens (tertiary/aromatic N) is 2. The van der Waals surface area contributed by atoms with Gasteiger partial charge in [0.15, 0.2) is 0 Å². The van der Waals surface area contributed by atoms with Gasteiger partial charge in [-0.25, -0.2) is 0 Å². The van der Waals surface area contributed by atoms with E-state index < -0.39 is 0 Å². The van der Waals surface area contributed by atoms with Gasteiger partial charge in [-0.2, -0.15) is 0 Å². The Morgan fingerprint density at radius 2 is 0.478 bits per heavy atom. The van der Waals surface area contributed by atoms with E-state index in [1.54, 1.807) is 0 Å². The van der Waals surface area contributed by atoms with Crippen LogP contribution < -0.4 is 0 Å². The van der Waals surface area contributed by atoms with Gasteiger partial charge in [0.1, 0.15) is 0 Å². The maximum absolute atomic E-state index is 2.70. The van der Waals surface area contributed by atoms with Crippen molar-refractivity contribution in [2.45, 2.75) is 220 Å². The second kappa shape index (κ2) is 40.6. The summed E-state index contributed by atoms with van der Waals surface area (Å²) in [4.78, 5) is 5.41. The Morgan fingerprint density at radius 3 is 0.739 bits per heavy atom. The van der Waals surface area contributed by atoms with Gasteiger partial charge in [0.25, 0.3) is 0 Å². The minimum atomic E-state index is 1.22. The smallest absolute Gasteiger partial charge is 0.00184 e. The van der Waals surface area contributed by atoms with Crippen LogP contribution in [-0.4, -0.2) is 49.1 Å². The molecule has 0 aliphatic rings. The molecule has 0 aliphatic carbocycles. The molecule has 0 aromatic carbocycles. The number of allylic oxidation sites excluding steroid dienone is 4. The first-order chi connectivity index (χ1) is 22.8. The zero-order chi connectivity index (χ0) is 33.4. The van der Waals surface area contributed by atoms with Crippen molar-refractivity contribution in [1.29, 1.82) is 0 Å². The van der Waals surface area contributed by atoms with Gasteiger partial charge in [0, 0.05) is 0 Å². The molecule has 0 aromatic rings. The largest absolute Gasteiger partial charge is 0.304 e. The summed E-state index contributed by atoms with van der Waals surface area (Å²) in [6.07, 6.45) is 51.6. The summed E-state index contributed by atoms with van der Waals surface area (Å²) < 4.78 is 0. The van der Waals surface area contributed by atoms with Gasteiger partial charge in [0.05, 0.1) is 0 Å². The first-order valence-corrected chi connectivity index (χ1v) is 21.5. The summed E-state index contributed by atoms with van der Waals surface area (Å²) in [5.74, 6) is 0. The summed E-state index contributed by atoms with van der Waals surface area (Å²) in [5.41, 5.74) is 0. The second-order valence-corrected chi connectivity index (χ2v) is 14.5. The molecule has 2 nitrogen and oxygen atoms in total. The number of hydrogen-bond acceptors (Lipinski definition) is 2. The third-order valence-electron chi connectivity index (χ3n) is 10.1. The molecule has 0 unspecified atom stereocenters. The van der Waals surface area contributed by atoms with Crippen LogP contribution in [0.15, 0.2) is 24.3 Å². The van der Waals surface area contributed by atoms with E-state index in [1.807, 2.05) is 0 Å². The molecule has 0 heterocycles. The highest BCUT2D eigenvalue weighted by Crippen LogP contribution is 2.12. The maximum atomic E-state index is 2.70. The molecule has 0 amide bonds. The van der Waals surface area contributed by atoms with Crippen molar-refractivity contribution in [2.75, 3.05) is 39.3 Å². The average Bonchev–Trinajstić information content (AvgIpc) is 3.07. The lowest BCUT2D eigenvalue weighted by atomic mass is 10.1. The van der Waals surface area contributed by atoms with Crippen molar-refractivity contribution < 1.29 is 0 Å². The van der Waals surface area contributed by atoms with E-state index in [-0.39, 0.29) is 0 Å². The Labute approximate surface area is 293 Å². The lowest BCUT2D eigenvalue weighted by molar-refractivity contribution is 0.246. The molecular formula is C44H88N2. The van der Waals surface area contributed by atoms with Crippen molar-refractivity contribution >= 4 is 0 Å². The summed E-state index contributed by atoms with van der Waals surface area (Å²) in [6, 6.07) is 0. The topological polar surface area (TPSA) is 6.48 Å². The van der Waals surface area contributed by atoms with E-state index >= 15 is 0 Å². The third kappa shape index (κ3) is 36.2. The summed E-state index contributed by atoms with van der Waals surface area (Å²) in [7, 11) is 0. The molecule has 0 N–H and O–H groups in total. The van der Waals surface area contributed by atoms with E-state index in [9.17, 15) is 0 Å². The van der Waals surface area contributed by atoms with Crippen LogP contribution in [0.5, 0.6) is 0 Å². The molecule has 0 rings (SSSR count). The van der Waals surface area contributed by atoms with E-state index in [0.29, 0.717) is 0 Å². The molecular weight excluding hydrogens is 556 g/mol. The molecule has 0 saturated carbocycles. The second-order valence-electron chi connectivity index (χ2n) is 14.5. The third-order valence-corrected chi connectivity index (χ3v) is 10.1. The van der Waals surface area contributed by atoms with Crippen LogP contribution in [0.4, 0.5) is 0 Å².